The van der Waals surface area contributed by atoms with E-state index in [4.69, 9.17) is 5.26 Å². The maximum atomic E-state index is 14.0. The largest absolute Gasteiger partial charge is 0.354 e. The van der Waals surface area contributed by atoms with Crippen LogP contribution in [0.2, 0.25) is 0 Å². The van der Waals surface area contributed by atoms with E-state index in [1.165, 1.54) is 18.3 Å². The van der Waals surface area contributed by atoms with Crippen LogP contribution in [0.15, 0.2) is 64.2 Å². The van der Waals surface area contributed by atoms with Crippen LogP contribution in [0, 0.1) is 17.1 Å². The minimum atomic E-state index is -4.02. The second-order valence-corrected chi connectivity index (χ2v) is 7.96. The average molecular weight is 434 g/mol. The molecule has 2 aromatic carbocycles. The number of halogens is 2. The van der Waals surface area contributed by atoms with Gasteiger partial charge in [0.2, 0.25) is 0 Å². The van der Waals surface area contributed by atoms with Gasteiger partial charge in [0.15, 0.2) is 0 Å². The minimum Gasteiger partial charge on any atom is -0.354 e. The summed E-state index contributed by atoms with van der Waals surface area (Å²) < 4.78 is 42.3. The topological polar surface area (TPSA) is 85.8 Å². The van der Waals surface area contributed by atoms with Gasteiger partial charge >= 0.3 is 0 Å². The zero-order chi connectivity index (χ0) is 18.7. The predicted molar refractivity (Wildman–Crippen MR) is 99.7 cm³/mol. The van der Waals surface area contributed by atoms with E-state index >= 15 is 0 Å². The normalized spacial score (nSPS) is 11.1. The van der Waals surface area contributed by atoms with Crippen molar-refractivity contribution in [3.05, 3.63) is 81.8 Å². The number of benzene rings is 2. The molecule has 3 aromatic rings. The number of rotatable bonds is 5. The van der Waals surface area contributed by atoms with Crippen LogP contribution in [0.5, 0.6) is 0 Å². The molecule has 0 saturated carbocycles. The Bertz CT molecular complexity index is 1090. The molecule has 0 amide bonds. The SMILES string of the molecule is N#Cc1ccc(NS(=O)(=O)c2c[nH]c(Br)c2Cc2ccccc2)c(F)c1. The van der Waals surface area contributed by atoms with Gasteiger partial charge in [0.25, 0.3) is 10.0 Å². The zero-order valence-electron chi connectivity index (χ0n) is 13.3. The Kier molecular flexibility index (Phi) is 5.11. The summed E-state index contributed by atoms with van der Waals surface area (Å²) in [5.74, 6) is -0.813. The van der Waals surface area contributed by atoms with Crippen LogP contribution < -0.4 is 4.72 Å². The Morgan fingerprint density at radius 1 is 1.19 bits per heavy atom. The number of nitrogens with zero attached hydrogens (tertiary/aromatic N) is 1. The lowest BCUT2D eigenvalue weighted by Gasteiger charge is -2.10. The quantitative estimate of drug-likeness (QED) is 0.632. The molecule has 5 nitrogen and oxygen atoms in total. The molecule has 0 saturated heterocycles. The highest BCUT2D eigenvalue weighted by molar-refractivity contribution is 9.10. The van der Waals surface area contributed by atoms with Crippen molar-refractivity contribution in [1.82, 2.24) is 4.98 Å². The van der Waals surface area contributed by atoms with Gasteiger partial charge in [-0.05, 0) is 39.7 Å². The molecule has 8 heteroatoms. The van der Waals surface area contributed by atoms with E-state index in [9.17, 15) is 12.8 Å². The van der Waals surface area contributed by atoms with Gasteiger partial charge in [-0.1, -0.05) is 30.3 Å². The van der Waals surface area contributed by atoms with Crippen molar-refractivity contribution in [2.45, 2.75) is 11.3 Å². The third-order valence-electron chi connectivity index (χ3n) is 3.75. The van der Waals surface area contributed by atoms with E-state index in [2.05, 4.69) is 25.6 Å². The fourth-order valence-electron chi connectivity index (χ4n) is 2.48. The molecule has 1 aromatic heterocycles. The smallest absolute Gasteiger partial charge is 0.263 e. The maximum absolute atomic E-state index is 14.0. The predicted octanol–water partition coefficient (Wildman–Crippen LogP) is 4.18. The molecule has 0 fully saturated rings. The highest BCUT2D eigenvalue weighted by Crippen LogP contribution is 2.29. The fraction of sp³-hybridized carbons (Fsp3) is 0.0556. The van der Waals surface area contributed by atoms with Crippen LogP contribution >= 0.6 is 15.9 Å². The molecule has 3 rings (SSSR count). The summed E-state index contributed by atoms with van der Waals surface area (Å²) in [5.41, 5.74) is 1.37. The van der Waals surface area contributed by atoms with Gasteiger partial charge in [-0.3, -0.25) is 4.72 Å². The van der Waals surface area contributed by atoms with Crippen molar-refractivity contribution < 1.29 is 12.8 Å². The van der Waals surface area contributed by atoms with Gasteiger partial charge in [0.05, 0.1) is 21.9 Å². The van der Waals surface area contributed by atoms with Gasteiger partial charge in [0.1, 0.15) is 10.7 Å². The molecule has 0 aliphatic heterocycles. The van der Waals surface area contributed by atoms with Crippen LogP contribution in [0.3, 0.4) is 0 Å². The number of hydrogen-bond acceptors (Lipinski definition) is 3. The van der Waals surface area contributed by atoms with Crippen LogP contribution in [-0.4, -0.2) is 13.4 Å². The first kappa shape index (κ1) is 18.2. The van der Waals surface area contributed by atoms with Crippen LogP contribution in [0.4, 0.5) is 10.1 Å². The monoisotopic (exact) mass is 433 g/mol. The lowest BCUT2D eigenvalue weighted by Crippen LogP contribution is -2.15. The van der Waals surface area contributed by atoms with Crippen LogP contribution in [0.1, 0.15) is 16.7 Å². The average Bonchev–Trinajstić information content (AvgIpc) is 2.99. The number of aromatic nitrogens is 1. The Morgan fingerprint density at radius 3 is 2.58 bits per heavy atom. The summed E-state index contributed by atoms with van der Waals surface area (Å²) in [6.07, 6.45) is 1.74. The summed E-state index contributed by atoms with van der Waals surface area (Å²) in [5, 5.41) is 8.78. The van der Waals surface area contributed by atoms with Gasteiger partial charge in [-0.15, -0.1) is 0 Å². The lowest BCUT2D eigenvalue weighted by molar-refractivity contribution is 0.598. The molecule has 0 aliphatic carbocycles. The summed E-state index contributed by atoms with van der Waals surface area (Å²) in [4.78, 5) is 2.87. The van der Waals surface area contributed by atoms with Crippen molar-refractivity contribution in [3.8, 4) is 6.07 Å². The number of hydrogen-bond donors (Lipinski definition) is 2. The summed E-state index contributed by atoms with van der Waals surface area (Å²) in [7, 11) is -4.02. The number of aromatic amines is 1. The molecule has 132 valence electrons. The highest BCUT2D eigenvalue weighted by atomic mass is 79.9. The van der Waals surface area contributed by atoms with Crippen molar-refractivity contribution in [2.24, 2.45) is 0 Å². The van der Waals surface area contributed by atoms with E-state index in [1.807, 2.05) is 30.3 Å². The van der Waals surface area contributed by atoms with Crippen molar-refractivity contribution in [1.29, 1.82) is 5.26 Å². The third kappa shape index (κ3) is 3.79. The zero-order valence-corrected chi connectivity index (χ0v) is 15.7. The molecule has 0 bridgehead atoms. The highest BCUT2D eigenvalue weighted by Gasteiger charge is 2.23. The van der Waals surface area contributed by atoms with Crippen molar-refractivity contribution >= 4 is 31.6 Å². The first-order chi connectivity index (χ1) is 12.4. The Morgan fingerprint density at radius 2 is 1.92 bits per heavy atom. The molecular weight excluding hydrogens is 421 g/mol. The number of anilines is 1. The second-order valence-electron chi connectivity index (χ2n) is 5.52. The molecule has 1 heterocycles. The first-order valence-electron chi connectivity index (χ1n) is 7.53. The molecule has 0 atom stereocenters. The van der Waals surface area contributed by atoms with Gasteiger partial charge in [-0.2, -0.15) is 5.26 Å². The van der Waals surface area contributed by atoms with Crippen molar-refractivity contribution in [2.75, 3.05) is 4.72 Å². The van der Waals surface area contributed by atoms with E-state index in [0.717, 1.165) is 11.6 Å². The molecule has 2 N–H and O–H groups in total. The van der Waals surface area contributed by atoms with E-state index in [-0.39, 0.29) is 16.1 Å². The fourth-order valence-corrected chi connectivity index (χ4v) is 4.36. The van der Waals surface area contributed by atoms with E-state index in [1.54, 1.807) is 6.07 Å². The van der Waals surface area contributed by atoms with Crippen LogP contribution in [-0.2, 0) is 16.4 Å². The number of nitriles is 1. The number of sulfonamides is 1. The second kappa shape index (κ2) is 7.32. The van der Waals surface area contributed by atoms with Gasteiger partial charge < -0.3 is 4.98 Å². The molecule has 26 heavy (non-hydrogen) atoms. The van der Waals surface area contributed by atoms with Gasteiger partial charge in [0, 0.05) is 18.2 Å². The Labute approximate surface area is 158 Å². The van der Waals surface area contributed by atoms with Crippen molar-refractivity contribution in [3.63, 3.8) is 0 Å². The molecule has 0 spiro atoms. The van der Waals surface area contributed by atoms with E-state index < -0.39 is 15.8 Å². The van der Waals surface area contributed by atoms with Crippen LogP contribution in [0.25, 0.3) is 0 Å². The molecule has 0 unspecified atom stereocenters. The molecule has 0 radical (unpaired) electrons. The number of nitrogens with one attached hydrogen (secondary N) is 2. The lowest BCUT2D eigenvalue weighted by atomic mass is 10.1. The first-order valence-corrected chi connectivity index (χ1v) is 9.80. The molecule has 0 aliphatic rings. The maximum Gasteiger partial charge on any atom is 0.263 e. The summed E-state index contributed by atoms with van der Waals surface area (Å²) in [6, 6.07) is 14.8. The Hall–Kier alpha value is -2.63. The minimum absolute atomic E-state index is 0.0250. The summed E-state index contributed by atoms with van der Waals surface area (Å²) in [6.45, 7) is 0. The summed E-state index contributed by atoms with van der Waals surface area (Å²) >= 11 is 3.33. The number of H-pyrrole nitrogens is 1. The Balaban J connectivity index is 1.95. The molecular formula is C18H13BrFN3O2S. The van der Waals surface area contributed by atoms with E-state index in [0.29, 0.717) is 16.6 Å². The third-order valence-corrected chi connectivity index (χ3v) is 5.89. The standard InChI is InChI=1S/C18H13BrFN3O2S/c19-18-14(8-12-4-2-1-3-5-12)17(11-22-18)26(24,25)23-16-7-6-13(10-21)9-15(16)20/h1-7,9,11,22-23H,8H2. The van der Waals surface area contributed by atoms with Gasteiger partial charge in [-0.25, -0.2) is 12.8 Å².